The Morgan fingerprint density at radius 2 is 2.55 bits per heavy atom. The average molecular weight is 153 g/mol. The van der Waals surface area contributed by atoms with Gasteiger partial charge < -0.3 is 10.7 Å². The summed E-state index contributed by atoms with van der Waals surface area (Å²) in [5, 5.41) is 0. The Labute approximate surface area is 67.0 Å². The molecule has 0 aliphatic rings. The van der Waals surface area contributed by atoms with Crippen LogP contribution >= 0.6 is 0 Å². The second kappa shape index (κ2) is 4.13. The van der Waals surface area contributed by atoms with E-state index >= 15 is 0 Å². The molecule has 1 atom stereocenters. The van der Waals surface area contributed by atoms with Crippen LogP contribution in [0.25, 0.3) is 0 Å². The van der Waals surface area contributed by atoms with Crippen LogP contribution in [0.2, 0.25) is 0 Å². The van der Waals surface area contributed by atoms with Gasteiger partial charge in [0.05, 0.1) is 6.33 Å². The van der Waals surface area contributed by atoms with Gasteiger partial charge in [0.1, 0.15) is 0 Å². The molecule has 0 aliphatic heterocycles. The van der Waals surface area contributed by atoms with Gasteiger partial charge in [-0.15, -0.1) is 0 Å². The van der Waals surface area contributed by atoms with Gasteiger partial charge in [-0.1, -0.05) is 6.92 Å². The molecule has 0 radical (unpaired) electrons. The highest BCUT2D eigenvalue weighted by atomic mass is 14.9. The van der Waals surface area contributed by atoms with Crippen LogP contribution in [0.15, 0.2) is 12.5 Å². The molecule has 1 aromatic rings. The van der Waals surface area contributed by atoms with Crippen LogP contribution in [-0.2, 0) is 6.42 Å². The lowest BCUT2D eigenvalue weighted by Crippen LogP contribution is -2.08. The molecule has 0 bridgehead atoms. The molecule has 0 aromatic carbocycles. The first-order valence-electron chi connectivity index (χ1n) is 4.00. The lowest BCUT2D eigenvalue weighted by molar-refractivity contribution is 0.533. The summed E-state index contributed by atoms with van der Waals surface area (Å²) < 4.78 is 0. The van der Waals surface area contributed by atoms with E-state index < -0.39 is 0 Å². The van der Waals surface area contributed by atoms with Crippen LogP contribution in [0.3, 0.4) is 0 Å². The zero-order valence-corrected chi connectivity index (χ0v) is 6.88. The molecule has 1 unspecified atom stereocenters. The quantitative estimate of drug-likeness (QED) is 0.676. The number of aromatic nitrogens is 2. The van der Waals surface area contributed by atoms with Crippen LogP contribution in [0, 0.1) is 5.92 Å². The summed E-state index contributed by atoms with van der Waals surface area (Å²) >= 11 is 0. The fourth-order valence-corrected chi connectivity index (χ4v) is 1.16. The molecule has 1 heterocycles. The SMILES string of the molecule is CC(CCN)Cc1cnc[nH]1. The number of aromatic amines is 1. The minimum absolute atomic E-state index is 0.653. The number of hydrogen-bond donors (Lipinski definition) is 2. The van der Waals surface area contributed by atoms with E-state index in [-0.39, 0.29) is 0 Å². The summed E-state index contributed by atoms with van der Waals surface area (Å²) in [4.78, 5) is 7.02. The van der Waals surface area contributed by atoms with Gasteiger partial charge in [-0.25, -0.2) is 4.98 Å². The van der Waals surface area contributed by atoms with Crippen molar-refractivity contribution in [3.63, 3.8) is 0 Å². The maximum absolute atomic E-state index is 5.43. The normalized spacial score (nSPS) is 13.3. The van der Waals surface area contributed by atoms with Crippen LogP contribution in [-0.4, -0.2) is 16.5 Å². The first-order chi connectivity index (χ1) is 5.33. The second-order valence-corrected chi connectivity index (χ2v) is 2.96. The fourth-order valence-electron chi connectivity index (χ4n) is 1.16. The molecule has 0 spiro atoms. The number of H-pyrrole nitrogens is 1. The molecule has 1 rings (SSSR count). The van der Waals surface area contributed by atoms with E-state index in [1.54, 1.807) is 6.33 Å². The Balaban J connectivity index is 2.31. The number of nitrogens with zero attached hydrogens (tertiary/aromatic N) is 1. The third kappa shape index (κ3) is 2.72. The number of rotatable bonds is 4. The second-order valence-electron chi connectivity index (χ2n) is 2.96. The van der Waals surface area contributed by atoms with Gasteiger partial charge in [0, 0.05) is 11.9 Å². The van der Waals surface area contributed by atoms with Gasteiger partial charge in [0.15, 0.2) is 0 Å². The van der Waals surface area contributed by atoms with Gasteiger partial charge in [0.2, 0.25) is 0 Å². The van der Waals surface area contributed by atoms with Crippen molar-refractivity contribution in [1.29, 1.82) is 0 Å². The van der Waals surface area contributed by atoms with Crippen molar-refractivity contribution in [3.8, 4) is 0 Å². The van der Waals surface area contributed by atoms with E-state index in [1.807, 2.05) is 6.20 Å². The topological polar surface area (TPSA) is 54.7 Å². The van der Waals surface area contributed by atoms with Crippen molar-refractivity contribution in [3.05, 3.63) is 18.2 Å². The molecule has 3 N–H and O–H groups in total. The fraction of sp³-hybridized carbons (Fsp3) is 0.625. The maximum atomic E-state index is 5.43. The largest absolute Gasteiger partial charge is 0.348 e. The third-order valence-electron chi connectivity index (χ3n) is 1.78. The average Bonchev–Trinajstić information content (AvgIpc) is 2.40. The third-order valence-corrected chi connectivity index (χ3v) is 1.78. The number of imidazole rings is 1. The molecule has 11 heavy (non-hydrogen) atoms. The Bertz CT molecular complexity index is 181. The number of hydrogen-bond acceptors (Lipinski definition) is 2. The van der Waals surface area contributed by atoms with Gasteiger partial charge in [-0.05, 0) is 25.3 Å². The van der Waals surface area contributed by atoms with Crippen molar-refractivity contribution < 1.29 is 0 Å². The number of nitrogens with one attached hydrogen (secondary N) is 1. The highest BCUT2D eigenvalue weighted by Gasteiger charge is 2.02. The standard InChI is InChI=1S/C8H15N3/c1-7(2-3-9)4-8-5-10-6-11-8/h5-7H,2-4,9H2,1H3,(H,10,11). The van der Waals surface area contributed by atoms with Crippen LogP contribution in [0.1, 0.15) is 19.0 Å². The van der Waals surface area contributed by atoms with E-state index in [0.717, 1.165) is 19.4 Å². The minimum atomic E-state index is 0.653. The monoisotopic (exact) mass is 153 g/mol. The van der Waals surface area contributed by atoms with Gasteiger partial charge in [-0.3, -0.25) is 0 Å². The Morgan fingerprint density at radius 3 is 3.09 bits per heavy atom. The van der Waals surface area contributed by atoms with Crippen molar-refractivity contribution in [2.24, 2.45) is 11.7 Å². The van der Waals surface area contributed by atoms with E-state index in [9.17, 15) is 0 Å². The van der Waals surface area contributed by atoms with Crippen molar-refractivity contribution in [2.45, 2.75) is 19.8 Å². The Kier molecular flexibility index (Phi) is 3.11. The van der Waals surface area contributed by atoms with Crippen molar-refractivity contribution in [2.75, 3.05) is 6.54 Å². The summed E-state index contributed by atoms with van der Waals surface area (Å²) in [6.07, 6.45) is 5.72. The zero-order chi connectivity index (χ0) is 8.10. The van der Waals surface area contributed by atoms with Gasteiger partial charge in [-0.2, -0.15) is 0 Å². The molecule has 0 saturated carbocycles. The molecule has 0 amide bonds. The van der Waals surface area contributed by atoms with Crippen LogP contribution < -0.4 is 5.73 Å². The predicted octanol–water partition coefficient (Wildman–Crippen LogP) is 0.937. The first-order valence-corrected chi connectivity index (χ1v) is 4.00. The summed E-state index contributed by atoms with van der Waals surface area (Å²) in [5.74, 6) is 0.653. The summed E-state index contributed by atoms with van der Waals surface area (Å²) in [5.41, 5.74) is 6.63. The van der Waals surface area contributed by atoms with Crippen molar-refractivity contribution in [1.82, 2.24) is 9.97 Å². The summed E-state index contributed by atoms with van der Waals surface area (Å²) in [6.45, 7) is 2.98. The molecule has 3 heteroatoms. The van der Waals surface area contributed by atoms with E-state index in [0.29, 0.717) is 5.92 Å². The van der Waals surface area contributed by atoms with Gasteiger partial charge >= 0.3 is 0 Å². The molecule has 0 saturated heterocycles. The van der Waals surface area contributed by atoms with Crippen LogP contribution in [0.5, 0.6) is 0 Å². The Hall–Kier alpha value is -0.830. The molecule has 3 nitrogen and oxygen atoms in total. The van der Waals surface area contributed by atoms with Crippen molar-refractivity contribution >= 4 is 0 Å². The number of nitrogens with two attached hydrogens (primary N) is 1. The zero-order valence-electron chi connectivity index (χ0n) is 6.88. The molecule has 1 aromatic heterocycles. The first kappa shape index (κ1) is 8.27. The highest BCUT2D eigenvalue weighted by molar-refractivity contribution is 4.95. The molecular formula is C8H15N3. The molecular weight excluding hydrogens is 138 g/mol. The predicted molar refractivity (Wildman–Crippen MR) is 45.1 cm³/mol. The molecule has 62 valence electrons. The maximum Gasteiger partial charge on any atom is 0.0921 e. The smallest absolute Gasteiger partial charge is 0.0921 e. The molecule has 0 fully saturated rings. The highest BCUT2D eigenvalue weighted by Crippen LogP contribution is 2.07. The molecule has 0 aliphatic carbocycles. The van der Waals surface area contributed by atoms with Crippen LogP contribution in [0.4, 0.5) is 0 Å². The lowest BCUT2D eigenvalue weighted by atomic mass is 10.0. The van der Waals surface area contributed by atoms with E-state index in [4.69, 9.17) is 5.73 Å². The minimum Gasteiger partial charge on any atom is -0.348 e. The Morgan fingerprint density at radius 1 is 1.73 bits per heavy atom. The van der Waals surface area contributed by atoms with E-state index in [2.05, 4.69) is 16.9 Å². The summed E-state index contributed by atoms with van der Waals surface area (Å²) in [7, 11) is 0. The lowest BCUT2D eigenvalue weighted by Gasteiger charge is -2.06. The van der Waals surface area contributed by atoms with E-state index in [1.165, 1.54) is 5.69 Å². The summed E-state index contributed by atoms with van der Waals surface area (Å²) in [6, 6.07) is 0. The van der Waals surface area contributed by atoms with Gasteiger partial charge in [0.25, 0.3) is 0 Å².